The van der Waals surface area contributed by atoms with Crippen LogP contribution in [0.25, 0.3) is 0 Å². The highest BCUT2D eigenvalue weighted by atomic mass is 32.2. The first-order valence-corrected chi connectivity index (χ1v) is 7.49. The summed E-state index contributed by atoms with van der Waals surface area (Å²) in [5.41, 5.74) is 5.72. The first kappa shape index (κ1) is 16.4. The molecule has 8 heteroatoms. The Balaban J connectivity index is 3.03. The van der Waals surface area contributed by atoms with E-state index in [1.807, 2.05) is 0 Å². The number of ether oxygens (including phenoxy) is 1. The van der Waals surface area contributed by atoms with E-state index in [2.05, 4.69) is 9.46 Å². The predicted molar refractivity (Wildman–Crippen MR) is 73.7 cm³/mol. The molecule has 0 aliphatic rings. The van der Waals surface area contributed by atoms with Crippen molar-refractivity contribution in [2.75, 3.05) is 26.0 Å². The highest BCUT2D eigenvalue weighted by Crippen LogP contribution is 2.20. The Kier molecular flexibility index (Phi) is 5.93. The minimum Gasteiger partial charge on any atom is -0.465 e. The van der Waals surface area contributed by atoms with Crippen molar-refractivity contribution >= 4 is 21.7 Å². The van der Waals surface area contributed by atoms with Gasteiger partial charge in [-0.1, -0.05) is 0 Å². The molecule has 1 rings (SSSR count). The van der Waals surface area contributed by atoms with E-state index in [0.29, 0.717) is 12.8 Å². The number of anilines is 1. The second-order valence-electron chi connectivity index (χ2n) is 4.08. The number of esters is 1. The summed E-state index contributed by atoms with van der Waals surface area (Å²) >= 11 is 0. The Labute approximate surface area is 117 Å². The Morgan fingerprint density at radius 3 is 2.70 bits per heavy atom. The molecule has 0 unspecified atom stereocenters. The summed E-state index contributed by atoms with van der Waals surface area (Å²) in [6.45, 7) is 0.158. The topological polar surface area (TPSA) is 119 Å². The number of methoxy groups -OCH3 is 1. The quantitative estimate of drug-likeness (QED) is 0.373. The lowest BCUT2D eigenvalue weighted by atomic mass is 10.2. The van der Waals surface area contributed by atoms with E-state index in [9.17, 15) is 13.2 Å². The Morgan fingerprint density at radius 2 is 2.10 bits per heavy atom. The fourth-order valence-electron chi connectivity index (χ4n) is 1.56. The van der Waals surface area contributed by atoms with E-state index in [4.69, 9.17) is 10.8 Å². The van der Waals surface area contributed by atoms with Crippen molar-refractivity contribution in [2.24, 2.45) is 0 Å². The second kappa shape index (κ2) is 7.22. The number of hydrogen-bond acceptors (Lipinski definition) is 6. The lowest BCUT2D eigenvalue weighted by Crippen LogP contribution is -2.27. The number of nitrogens with two attached hydrogens (primary N) is 1. The number of rotatable bonds is 7. The summed E-state index contributed by atoms with van der Waals surface area (Å²) < 4.78 is 31.2. The van der Waals surface area contributed by atoms with Crippen molar-refractivity contribution in [3.63, 3.8) is 0 Å². The lowest BCUT2D eigenvalue weighted by molar-refractivity contribution is 0.0596. The van der Waals surface area contributed by atoms with Gasteiger partial charge in [0, 0.05) is 18.8 Å². The summed E-state index contributed by atoms with van der Waals surface area (Å²) in [5.74, 6) is -0.749. The summed E-state index contributed by atoms with van der Waals surface area (Å²) in [6, 6.07) is 3.95. The highest BCUT2D eigenvalue weighted by Gasteiger charge is 2.22. The molecular weight excluding hydrogens is 284 g/mol. The zero-order chi connectivity index (χ0) is 15.2. The lowest BCUT2D eigenvalue weighted by Gasteiger charge is -2.11. The molecule has 20 heavy (non-hydrogen) atoms. The average molecular weight is 302 g/mol. The van der Waals surface area contributed by atoms with Gasteiger partial charge in [0.05, 0.1) is 17.6 Å². The number of carbonyl (C=O) groups is 1. The first-order valence-electron chi connectivity index (χ1n) is 6.00. The molecule has 0 saturated carbocycles. The molecule has 1 aromatic rings. The number of nitrogens with one attached hydrogen (secondary N) is 1. The molecule has 0 amide bonds. The predicted octanol–water partition coefficient (Wildman–Crippen LogP) is 0.106. The first-order chi connectivity index (χ1) is 9.42. The van der Waals surface area contributed by atoms with Crippen molar-refractivity contribution in [3.05, 3.63) is 23.8 Å². The minimum absolute atomic E-state index is 0.00652. The molecule has 1 aromatic carbocycles. The average Bonchev–Trinajstić information content (AvgIpc) is 2.42. The third-order valence-electron chi connectivity index (χ3n) is 2.58. The van der Waals surface area contributed by atoms with Gasteiger partial charge in [-0.3, -0.25) is 0 Å². The molecule has 0 heterocycles. The molecular formula is C12H18N2O5S. The van der Waals surface area contributed by atoms with Crippen LogP contribution in [0.15, 0.2) is 23.1 Å². The van der Waals surface area contributed by atoms with Crippen molar-refractivity contribution in [2.45, 2.75) is 17.7 Å². The third-order valence-corrected chi connectivity index (χ3v) is 4.08. The smallest absolute Gasteiger partial charge is 0.339 e. The highest BCUT2D eigenvalue weighted by molar-refractivity contribution is 7.89. The van der Waals surface area contributed by atoms with Crippen LogP contribution >= 0.6 is 0 Å². The molecule has 0 bridgehead atoms. The molecule has 0 spiro atoms. The summed E-state index contributed by atoms with van der Waals surface area (Å²) in [5, 5.41) is 8.64. The normalized spacial score (nSPS) is 11.3. The van der Waals surface area contributed by atoms with Gasteiger partial charge < -0.3 is 15.6 Å². The van der Waals surface area contributed by atoms with Gasteiger partial charge in [0.1, 0.15) is 0 Å². The van der Waals surface area contributed by atoms with Crippen molar-refractivity contribution < 1.29 is 23.1 Å². The van der Waals surface area contributed by atoms with Crippen LogP contribution in [-0.4, -0.2) is 39.8 Å². The molecule has 0 saturated heterocycles. The molecule has 0 atom stereocenters. The summed E-state index contributed by atoms with van der Waals surface area (Å²) in [4.78, 5) is 11.4. The van der Waals surface area contributed by atoms with E-state index in [0.717, 1.165) is 0 Å². The van der Waals surface area contributed by atoms with Crippen LogP contribution in [0, 0.1) is 0 Å². The van der Waals surface area contributed by atoms with Gasteiger partial charge in [-0.2, -0.15) is 0 Å². The Morgan fingerprint density at radius 1 is 1.40 bits per heavy atom. The minimum atomic E-state index is -3.86. The van der Waals surface area contributed by atoms with Gasteiger partial charge in [0.2, 0.25) is 10.0 Å². The van der Waals surface area contributed by atoms with Crippen LogP contribution in [0.3, 0.4) is 0 Å². The Bertz CT molecular complexity index is 571. The van der Waals surface area contributed by atoms with E-state index < -0.39 is 16.0 Å². The standard InChI is InChI=1S/C12H18N2O5S/c1-19-12(16)10-5-4-9(13)8-11(10)20(17,18)14-6-2-3-7-15/h4-5,8,14-15H,2-3,6-7,13H2,1H3. The summed E-state index contributed by atoms with van der Waals surface area (Å²) in [6.07, 6.45) is 0.981. The van der Waals surface area contributed by atoms with Crippen molar-refractivity contribution in [1.82, 2.24) is 4.72 Å². The molecule has 0 aromatic heterocycles. The van der Waals surface area contributed by atoms with Crippen LogP contribution in [0.2, 0.25) is 0 Å². The van der Waals surface area contributed by atoms with Gasteiger partial charge in [-0.15, -0.1) is 0 Å². The molecule has 0 aliphatic carbocycles. The monoisotopic (exact) mass is 302 g/mol. The number of aliphatic hydroxyl groups excluding tert-OH is 1. The third kappa shape index (κ3) is 4.19. The zero-order valence-electron chi connectivity index (χ0n) is 11.1. The van der Waals surface area contributed by atoms with E-state index in [1.165, 1.54) is 25.3 Å². The fraction of sp³-hybridized carbons (Fsp3) is 0.417. The van der Waals surface area contributed by atoms with Crippen molar-refractivity contribution in [1.29, 1.82) is 0 Å². The molecule has 4 N–H and O–H groups in total. The van der Waals surface area contributed by atoms with Crippen LogP contribution in [0.5, 0.6) is 0 Å². The maximum atomic E-state index is 12.2. The number of aliphatic hydroxyl groups is 1. The van der Waals surface area contributed by atoms with Gasteiger partial charge in [0.25, 0.3) is 0 Å². The van der Waals surface area contributed by atoms with E-state index in [1.54, 1.807) is 0 Å². The molecule has 0 radical (unpaired) electrons. The number of benzene rings is 1. The number of unbranched alkanes of at least 4 members (excludes halogenated alkanes) is 1. The van der Waals surface area contributed by atoms with Crippen molar-refractivity contribution in [3.8, 4) is 0 Å². The van der Waals surface area contributed by atoms with Crippen LogP contribution in [0.4, 0.5) is 5.69 Å². The van der Waals surface area contributed by atoms with E-state index in [-0.39, 0.29) is 29.3 Å². The number of carbonyl (C=O) groups excluding carboxylic acids is 1. The molecule has 112 valence electrons. The molecule has 7 nitrogen and oxygen atoms in total. The van der Waals surface area contributed by atoms with Crippen LogP contribution < -0.4 is 10.5 Å². The van der Waals surface area contributed by atoms with Gasteiger partial charge >= 0.3 is 5.97 Å². The molecule has 0 aliphatic heterocycles. The Hall–Kier alpha value is -1.64. The van der Waals surface area contributed by atoms with Gasteiger partial charge in [-0.25, -0.2) is 17.9 Å². The number of hydrogen-bond donors (Lipinski definition) is 3. The maximum Gasteiger partial charge on any atom is 0.339 e. The van der Waals surface area contributed by atoms with E-state index >= 15 is 0 Å². The SMILES string of the molecule is COC(=O)c1ccc(N)cc1S(=O)(=O)NCCCCO. The largest absolute Gasteiger partial charge is 0.465 e. The fourth-order valence-corrected chi connectivity index (χ4v) is 2.86. The van der Waals surface area contributed by atoms with Crippen LogP contribution in [0.1, 0.15) is 23.2 Å². The van der Waals surface area contributed by atoms with Gasteiger partial charge in [-0.05, 0) is 31.0 Å². The number of sulfonamides is 1. The van der Waals surface area contributed by atoms with Gasteiger partial charge in [0.15, 0.2) is 0 Å². The summed E-state index contributed by atoms with van der Waals surface area (Å²) in [7, 11) is -2.69. The van der Waals surface area contributed by atoms with Crippen LogP contribution in [-0.2, 0) is 14.8 Å². The maximum absolute atomic E-state index is 12.2. The molecule has 0 fully saturated rings. The second-order valence-corrected chi connectivity index (χ2v) is 5.81. The number of nitrogen functional groups attached to an aromatic ring is 1. The zero-order valence-corrected chi connectivity index (χ0v) is 11.9.